The molecule has 0 spiro atoms. The molecule has 0 saturated carbocycles. The average molecular weight is 240 g/mol. The smallest absolute Gasteiger partial charge is 0.0404 e. The number of hydrogen-bond donors (Lipinski definition) is 1. The first kappa shape index (κ1) is 15.5. The number of nitrogens with one attached hydrogen (secondary N) is 1. The van der Waals surface area contributed by atoms with Gasteiger partial charge in [-0.1, -0.05) is 13.5 Å². The van der Waals surface area contributed by atoms with E-state index in [1.165, 1.54) is 42.8 Å². The van der Waals surface area contributed by atoms with Gasteiger partial charge in [-0.15, -0.1) is 0 Å². The molecule has 1 unspecified atom stereocenters. The lowest BCUT2D eigenvalue weighted by atomic mass is 9.97. The summed E-state index contributed by atoms with van der Waals surface area (Å²) < 4.78 is 0. The maximum Gasteiger partial charge on any atom is 0.0404 e. The van der Waals surface area contributed by atoms with Crippen LogP contribution >= 0.6 is 13.5 Å². The summed E-state index contributed by atoms with van der Waals surface area (Å²) in [4.78, 5) is 4.40. The van der Waals surface area contributed by atoms with E-state index < -0.39 is 0 Å². The molecule has 2 nitrogen and oxygen atoms in total. The lowest BCUT2D eigenvalue weighted by Crippen LogP contribution is -2.11. The van der Waals surface area contributed by atoms with Gasteiger partial charge in [0.05, 0.1) is 0 Å². The highest BCUT2D eigenvalue weighted by atomic mass is 32.1. The van der Waals surface area contributed by atoms with Crippen molar-refractivity contribution in [2.75, 3.05) is 13.1 Å². The zero-order valence-electron chi connectivity index (χ0n) is 9.51. The van der Waals surface area contributed by atoms with Gasteiger partial charge in [0.1, 0.15) is 0 Å². The van der Waals surface area contributed by atoms with Crippen LogP contribution in [0.4, 0.5) is 0 Å². The first-order chi connectivity index (χ1) is 6.75. The van der Waals surface area contributed by atoms with Crippen LogP contribution in [0.2, 0.25) is 0 Å². The molecule has 1 atom stereocenters. The fourth-order valence-corrected chi connectivity index (χ4v) is 2.10. The largest absolute Gasteiger partial charge is 0.316 e. The van der Waals surface area contributed by atoms with Crippen LogP contribution < -0.4 is 5.32 Å². The molecule has 0 aliphatic carbocycles. The minimum Gasteiger partial charge on any atom is -0.316 e. The van der Waals surface area contributed by atoms with Gasteiger partial charge < -0.3 is 5.32 Å². The van der Waals surface area contributed by atoms with Crippen LogP contribution in [-0.4, -0.2) is 18.1 Å². The monoisotopic (exact) mass is 240 g/mol. The van der Waals surface area contributed by atoms with Gasteiger partial charge in [-0.3, -0.25) is 4.98 Å². The molecule has 2 heterocycles. The number of aryl methyl sites for hydroxylation is 2. The van der Waals surface area contributed by atoms with Crippen molar-refractivity contribution in [3.05, 3.63) is 29.1 Å². The van der Waals surface area contributed by atoms with Gasteiger partial charge in [0.15, 0.2) is 0 Å². The van der Waals surface area contributed by atoms with Crippen molar-refractivity contribution >= 4 is 13.5 Å². The maximum atomic E-state index is 4.40. The normalized spacial score (nSPS) is 18.8. The molecule has 1 saturated heterocycles. The number of hydrogen-bond acceptors (Lipinski definition) is 2. The third-order valence-corrected chi connectivity index (χ3v) is 3.00. The molecule has 1 N–H and O–H groups in total. The number of aromatic nitrogens is 1. The minimum atomic E-state index is 0. The summed E-state index contributed by atoms with van der Waals surface area (Å²) in [6.45, 7) is 6.58. The van der Waals surface area contributed by atoms with Crippen LogP contribution in [0.25, 0.3) is 0 Å². The molecular formula is C13H24N2S. The van der Waals surface area contributed by atoms with Gasteiger partial charge in [0.2, 0.25) is 0 Å². The predicted octanol–water partition coefficient (Wildman–Crippen LogP) is 2.60. The van der Waals surface area contributed by atoms with Crippen molar-refractivity contribution in [1.82, 2.24) is 10.3 Å². The molecule has 1 aliphatic rings. The zero-order chi connectivity index (χ0) is 9.97. The molecule has 16 heavy (non-hydrogen) atoms. The summed E-state index contributed by atoms with van der Waals surface area (Å²) in [5.41, 5.74) is 3.90. The van der Waals surface area contributed by atoms with Crippen LogP contribution in [0, 0.1) is 19.8 Å². The fourth-order valence-electron chi connectivity index (χ4n) is 2.10. The van der Waals surface area contributed by atoms with Crippen molar-refractivity contribution in [1.29, 1.82) is 0 Å². The predicted molar refractivity (Wildman–Crippen MR) is 75.5 cm³/mol. The van der Waals surface area contributed by atoms with Crippen LogP contribution in [0.1, 0.15) is 30.7 Å². The summed E-state index contributed by atoms with van der Waals surface area (Å²) >= 11 is 0. The molecule has 0 amide bonds. The maximum absolute atomic E-state index is 4.40. The molecule has 1 aromatic heterocycles. The SMILES string of the molecule is C.Cc1cnc(C)c(CC2CCNC2)c1.S. The Morgan fingerprint density at radius 1 is 1.44 bits per heavy atom. The molecule has 1 fully saturated rings. The highest BCUT2D eigenvalue weighted by Gasteiger charge is 2.15. The van der Waals surface area contributed by atoms with Gasteiger partial charge in [-0.05, 0) is 56.8 Å². The average Bonchev–Trinajstić information content (AvgIpc) is 2.64. The van der Waals surface area contributed by atoms with E-state index >= 15 is 0 Å². The van der Waals surface area contributed by atoms with Crippen LogP contribution in [-0.2, 0) is 6.42 Å². The third kappa shape index (κ3) is 3.80. The molecular weight excluding hydrogens is 216 g/mol. The summed E-state index contributed by atoms with van der Waals surface area (Å²) in [6, 6.07) is 2.28. The van der Waals surface area contributed by atoms with Crippen LogP contribution in [0.5, 0.6) is 0 Å². The first-order valence-corrected chi connectivity index (χ1v) is 5.38. The lowest BCUT2D eigenvalue weighted by molar-refractivity contribution is 0.577. The van der Waals surface area contributed by atoms with Crippen LogP contribution in [0.15, 0.2) is 12.3 Å². The molecule has 1 aromatic rings. The van der Waals surface area contributed by atoms with E-state index in [9.17, 15) is 0 Å². The number of pyridine rings is 1. The Labute approximate surface area is 106 Å². The molecule has 3 heteroatoms. The van der Waals surface area contributed by atoms with E-state index in [1.807, 2.05) is 6.20 Å². The van der Waals surface area contributed by atoms with Gasteiger partial charge in [-0.2, -0.15) is 13.5 Å². The van der Waals surface area contributed by atoms with E-state index in [4.69, 9.17) is 0 Å². The van der Waals surface area contributed by atoms with Gasteiger partial charge in [-0.25, -0.2) is 0 Å². The minimum absolute atomic E-state index is 0. The Hall–Kier alpha value is -0.540. The van der Waals surface area contributed by atoms with E-state index in [0.29, 0.717) is 0 Å². The highest BCUT2D eigenvalue weighted by Crippen LogP contribution is 2.17. The van der Waals surface area contributed by atoms with E-state index in [1.54, 1.807) is 0 Å². The van der Waals surface area contributed by atoms with E-state index in [-0.39, 0.29) is 20.9 Å². The lowest BCUT2D eigenvalue weighted by Gasteiger charge is -2.10. The van der Waals surface area contributed by atoms with Crippen molar-refractivity contribution in [2.24, 2.45) is 5.92 Å². The van der Waals surface area contributed by atoms with Crippen molar-refractivity contribution in [2.45, 2.75) is 34.1 Å². The molecule has 92 valence electrons. The van der Waals surface area contributed by atoms with Crippen molar-refractivity contribution in [3.63, 3.8) is 0 Å². The second-order valence-corrected chi connectivity index (χ2v) is 4.32. The molecule has 0 radical (unpaired) electrons. The Kier molecular flexibility index (Phi) is 6.68. The van der Waals surface area contributed by atoms with Gasteiger partial charge in [0.25, 0.3) is 0 Å². The topological polar surface area (TPSA) is 24.9 Å². The van der Waals surface area contributed by atoms with E-state index in [2.05, 4.69) is 30.2 Å². The Morgan fingerprint density at radius 3 is 2.81 bits per heavy atom. The standard InChI is InChI=1S/C12H18N2.CH4.H2S/c1-9-5-12(10(2)14-7-9)6-11-3-4-13-8-11;;/h5,7,11,13H,3-4,6,8H2,1-2H3;1H4;1H2. The Balaban J connectivity index is 0.00000112. The van der Waals surface area contributed by atoms with Crippen LogP contribution in [0.3, 0.4) is 0 Å². The summed E-state index contributed by atoms with van der Waals surface area (Å²) in [7, 11) is 0. The molecule has 2 rings (SSSR count). The molecule has 0 bridgehead atoms. The number of nitrogens with zero attached hydrogens (tertiary/aromatic N) is 1. The Morgan fingerprint density at radius 2 is 2.19 bits per heavy atom. The fraction of sp³-hybridized carbons (Fsp3) is 0.615. The second-order valence-electron chi connectivity index (χ2n) is 4.32. The number of rotatable bonds is 2. The molecule has 1 aliphatic heterocycles. The Bertz CT molecular complexity index is 320. The first-order valence-electron chi connectivity index (χ1n) is 5.38. The summed E-state index contributed by atoms with van der Waals surface area (Å²) in [5, 5.41) is 3.41. The highest BCUT2D eigenvalue weighted by molar-refractivity contribution is 7.59. The van der Waals surface area contributed by atoms with Gasteiger partial charge >= 0.3 is 0 Å². The van der Waals surface area contributed by atoms with Crippen molar-refractivity contribution in [3.8, 4) is 0 Å². The zero-order valence-corrected chi connectivity index (χ0v) is 10.5. The summed E-state index contributed by atoms with van der Waals surface area (Å²) in [6.07, 6.45) is 4.45. The molecule has 0 aromatic carbocycles. The third-order valence-electron chi connectivity index (χ3n) is 3.00. The summed E-state index contributed by atoms with van der Waals surface area (Å²) in [5.74, 6) is 0.817. The van der Waals surface area contributed by atoms with E-state index in [0.717, 1.165) is 5.92 Å². The quantitative estimate of drug-likeness (QED) is 0.859. The van der Waals surface area contributed by atoms with Gasteiger partial charge in [0, 0.05) is 11.9 Å². The van der Waals surface area contributed by atoms with Crippen molar-refractivity contribution < 1.29 is 0 Å². The second kappa shape index (κ2) is 6.92.